The van der Waals surface area contributed by atoms with Crippen LogP contribution in [0.4, 0.5) is 16.2 Å². The quantitative estimate of drug-likeness (QED) is 0.668. The number of methoxy groups -OCH3 is 2. The van der Waals surface area contributed by atoms with Crippen molar-refractivity contribution in [1.82, 2.24) is 9.55 Å². The third kappa shape index (κ3) is 4.03. The molecule has 0 atom stereocenters. The summed E-state index contributed by atoms with van der Waals surface area (Å²) in [5.41, 5.74) is 3.03. The van der Waals surface area contributed by atoms with E-state index in [4.69, 9.17) is 14.5 Å². The number of urea groups is 1. The van der Waals surface area contributed by atoms with Gasteiger partial charge < -0.3 is 24.7 Å². The zero-order valence-electron chi connectivity index (χ0n) is 16.6. The molecule has 2 amide bonds. The third-order valence-electron chi connectivity index (χ3n) is 5.02. The molecule has 7 nitrogen and oxygen atoms in total. The predicted molar refractivity (Wildman–Crippen MR) is 113 cm³/mol. The molecule has 0 radical (unpaired) electrons. The van der Waals surface area contributed by atoms with Crippen LogP contribution in [0.3, 0.4) is 0 Å². The Morgan fingerprint density at radius 3 is 2.66 bits per heavy atom. The summed E-state index contributed by atoms with van der Waals surface area (Å²) in [6, 6.07) is 12.6. The van der Waals surface area contributed by atoms with E-state index in [2.05, 4.69) is 21.4 Å². The van der Waals surface area contributed by atoms with Crippen LogP contribution in [-0.2, 0) is 13.0 Å². The summed E-state index contributed by atoms with van der Waals surface area (Å²) < 4.78 is 12.7. The molecular weight excluding hydrogens is 368 g/mol. The maximum atomic E-state index is 12.6. The van der Waals surface area contributed by atoms with E-state index in [1.807, 2.05) is 24.3 Å². The second-order valence-corrected chi connectivity index (χ2v) is 6.88. The minimum absolute atomic E-state index is 0.357. The minimum atomic E-state index is -0.357. The average Bonchev–Trinajstić information content (AvgIpc) is 3.18. The van der Waals surface area contributed by atoms with Crippen LogP contribution in [0.25, 0.3) is 11.3 Å². The topological polar surface area (TPSA) is 77.4 Å². The van der Waals surface area contributed by atoms with Crippen LogP contribution in [0.1, 0.15) is 18.7 Å². The monoisotopic (exact) mass is 392 g/mol. The Morgan fingerprint density at radius 2 is 1.86 bits per heavy atom. The first-order valence-corrected chi connectivity index (χ1v) is 9.63. The molecule has 29 heavy (non-hydrogen) atoms. The summed E-state index contributed by atoms with van der Waals surface area (Å²) in [6.45, 7) is 0.996. The van der Waals surface area contributed by atoms with Gasteiger partial charge in [0, 0.05) is 30.8 Å². The predicted octanol–water partition coefficient (Wildman–Crippen LogP) is 4.55. The number of aromatic nitrogens is 2. The van der Waals surface area contributed by atoms with Crippen LogP contribution in [0, 0.1) is 0 Å². The van der Waals surface area contributed by atoms with Gasteiger partial charge in [-0.05, 0) is 31.0 Å². The number of ether oxygens (including phenoxy) is 2. The number of nitrogens with zero attached hydrogens (tertiary/aromatic N) is 2. The Labute approximate surface area is 169 Å². The zero-order valence-corrected chi connectivity index (χ0v) is 16.6. The lowest BCUT2D eigenvalue weighted by Crippen LogP contribution is -2.20. The van der Waals surface area contributed by atoms with E-state index in [9.17, 15) is 4.79 Å². The Morgan fingerprint density at radius 1 is 1.03 bits per heavy atom. The number of fused-ring (bicyclic) bond motifs is 1. The molecule has 0 bridgehead atoms. The summed E-state index contributed by atoms with van der Waals surface area (Å²) >= 11 is 0. The first-order chi connectivity index (χ1) is 14.2. The molecule has 1 aliphatic rings. The maximum absolute atomic E-state index is 12.6. The molecular formula is C22H24N4O3. The van der Waals surface area contributed by atoms with Crippen molar-refractivity contribution in [1.29, 1.82) is 0 Å². The third-order valence-corrected chi connectivity index (χ3v) is 5.02. The highest BCUT2D eigenvalue weighted by Gasteiger charge is 2.16. The van der Waals surface area contributed by atoms with Crippen molar-refractivity contribution in [2.24, 2.45) is 0 Å². The smallest absolute Gasteiger partial charge is 0.323 e. The van der Waals surface area contributed by atoms with Crippen molar-refractivity contribution in [3.63, 3.8) is 0 Å². The number of carbonyl (C=O) groups excluding carboxylic acids is 1. The fourth-order valence-electron chi connectivity index (χ4n) is 3.54. The molecule has 1 aromatic heterocycles. The van der Waals surface area contributed by atoms with E-state index in [1.165, 1.54) is 12.8 Å². The summed E-state index contributed by atoms with van der Waals surface area (Å²) in [5, 5.41) is 5.76. The SMILES string of the molecule is COc1ccc(NC(=O)Nc2ccccc2-c2cn3c(n2)CCCC3)c(OC)c1. The van der Waals surface area contributed by atoms with Crippen molar-refractivity contribution in [3.05, 3.63) is 54.5 Å². The first-order valence-electron chi connectivity index (χ1n) is 9.63. The summed E-state index contributed by atoms with van der Waals surface area (Å²) in [7, 11) is 3.13. The van der Waals surface area contributed by atoms with Crippen molar-refractivity contribution < 1.29 is 14.3 Å². The van der Waals surface area contributed by atoms with Gasteiger partial charge in [-0.2, -0.15) is 0 Å². The van der Waals surface area contributed by atoms with Gasteiger partial charge in [-0.3, -0.25) is 0 Å². The molecule has 150 valence electrons. The number of nitrogens with one attached hydrogen (secondary N) is 2. The number of hydrogen-bond acceptors (Lipinski definition) is 4. The van der Waals surface area contributed by atoms with Gasteiger partial charge in [-0.1, -0.05) is 18.2 Å². The fraction of sp³-hybridized carbons (Fsp3) is 0.273. The lowest BCUT2D eigenvalue weighted by atomic mass is 10.1. The number of rotatable bonds is 5. The fourth-order valence-corrected chi connectivity index (χ4v) is 3.54. The Bertz CT molecular complexity index is 1010. The highest BCUT2D eigenvalue weighted by molar-refractivity contribution is 6.03. The number of carbonyl (C=O) groups is 1. The molecule has 7 heteroatoms. The van der Waals surface area contributed by atoms with Crippen LogP contribution in [0.15, 0.2) is 48.7 Å². The standard InChI is InChI=1S/C22H24N4O3/c1-28-15-10-11-18(20(13-15)29-2)25-22(27)24-17-8-4-3-7-16(17)19-14-26-12-6-5-9-21(26)23-19/h3-4,7-8,10-11,13-14H,5-6,9,12H2,1-2H3,(H2,24,25,27). The number of hydrogen-bond donors (Lipinski definition) is 2. The molecule has 0 unspecified atom stereocenters. The van der Waals surface area contributed by atoms with Crippen molar-refractivity contribution in [3.8, 4) is 22.8 Å². The van der Waals surface area contributed by atoms with Crippen LogP contribution < -0.4 is 20.1 Å². The number of amides is 2. The van der Waals surface area contributed by atoms with E-state index in [-0.39, 0.29) is 6.03 Å². The maximum Gasteiger partial charge on any atom is 0.323 e. The van der Waals surface area contributed by atoms with Gasteiger partial charge in [0.15, 0.2) is 0 Å². The highest BCUT2D eigenvalue weighted by atomic mass is 16.5. The number of aryl methyl sites for hydroxylation is 2. The molecule has 0 spiro atoms. The number of benzene rings is 2. The molecule has 0 saturated heterocycles. The van der Waals surface area contributed by atoms with Crippen LogP contribution in [0.5, 0.6) is 11.5 Å². The van der Waals surface area contributed by atoms with E-state index in [0.29, 0.717) is 22.9 Å². The second kappa shape index (κ2) is 8.26. The van der Waals surface area contributed by atoms with E-state index >= 15 is 0 Å². The lowest BCUT2D eigenvalue weighted by molar-refractivity contribution is 0.262. The Hall–Kier alpha value is -3.48. The molecule has 0 fully saturated rings. The average molecular weight is 392 g/mol. The van der Waals surface area contributed by atoms with E-state index in [0.717, 1.165) is 30.0 Å². The molecule has 2 aromatic carbocycles. The molecule has 2 heterocycles. The largest absolute Gasteiger partial charge is 0.497 e. The molecule has 2 N–H and O–H groups in total. The van der Waals surface area contributed by atoms with Crippen LogP contribution >= 0.6 is 0 Å². The Kier molecular flexibility index (Phi) is 5.37. The summed E-state index contributed by atoms with van der Waals surface area (Å²) in [4.78, 5) is 17.4. The zero-order chi connectivity index (χ0) is 20.2. The van der Waals surface area contributed by atoms with Gasteiger partial charge in [0.1, 0.15) is 17.3 Å². The number of imidazole rings is 1. The second-order valence-electron chi connectivity index (χ2n) is 6.88. The van der Waals surface area contributed by atoms with E-state index < -0.39 is 0 Å². The minimum Gasteiger partial charge on any atom is -0.497 e. The molecule has 0 saturated carbocycles. The van der Waals surface area contributed by atoms with Crippen molar-refractivity contribution in [2.75, 3.05) is 24.9 Å². The Balaban J connectivity index is 1.54. The summed E-state index contributed by atoms with van der Waals surface area (Å²) in [6.07, 6.45) is 5.41. The normalized spacial score (nSPS) is 12.8. The van der Waals surface area contributed by atoms with Crippen molar-refractivity contribution >= 4 is 17.4 Å². The van der Waals surface area contributed by atoms with Crippen molar-refractivity contribution in [2.45, 2.75) is 25.8 Å². The van der Waals surface area contributed by atoms with Gasteiger partial charge in [-0.25, -0.2) is 9.78 Å². The van der Waals surface area contributed by atoms with Gasteiger partial charge in [-0.15, -0.1) is 0 Å². The first kappa shape index (κ1) is 18.9. The number of para-hydroxylation sites is 1. The van der Waals surface area contributed by atoms with Gasteiger partial charge >= 0.3 is 6.03 Å². The number of anilines is 2. The van der Waals surface area contributed by atoms with Gasteiger partial charge in [0.25, 0.3) is 0 Å². The molecule has 1 aliphatic heterocycles. The van der Waals surface area contributed by atoms with Gasteiger partial charge in [0.05, 0.1) is 31.3 Å². The van der Waals surface area contributed by atoms with E-state index in [1.54, 1.807) is 32.4 Å². The molecule has 4 rings (SSSR count). The van der Waals surface area contributed by atoms with Crippen LogP contribution in [-0.4, -0.2) is 29.8 Å². The lowest BCUT2D eigenvalue weighted by Gasteiger charge is -2.13. The van der Waals surface area contributed by atoms with Gasteiger partial charge in [0.2, 0.25) is 0 Å². The highest BCUT2D eigenvalue weighted by Crippen LogP contribution is 2.31. The summed E-state index contributed by atoms with van der Waals surface area (Å²) in [5.74, 6) is 2.28. The molecule has 3 aromatic rings. The molecule has 0 aliphatic carbocycles. The van der Waals surface area contributed by atoms with Crippen LogP contribution in [0.2, 0.25) is 0 Å².